The molecule has 0 aromatic heterocycles. The molecule has 0 spiro atoms. The monoisotopic (exact) mass is 506 g/mol. The Morgan fingerprint density at radius 2 is 1.81 bits per heavy atom. The molecule has 13 heteroatoms. The van der Waals surface area contributed by atoms with Crippen molar-refractivity contribution in [2.75, 3.05) is 11.9 Å². The van der Waals surface area contributed by atoms with Gasteiger partial charge in [0.2, 0.25) is 17.7 Å². The first-order valence-corrected chi connectivity index (χ1v) is 11.9. The van der Waals surface area contributed by atoms with Crippen LogP contribution in [0.25, 0.3) is 0 Å². The molecule has 1 aromatic rings. The van der Waals surface area contributed by atoms with Crippen molar-refractivity contribution in [2.24, 2.45) is 11.7 Å². The minimum absolute atomic E-state index is 0.0165. The van der Waals surface area contributed by atoms with Gasteiger partial charge in [-0.15, -0.1) is 0 Å². The van der Waals surface area contributed by atoms with Crippen LogP contribution in [0, 0.1) is 16.0 Å². The predicted molar refractivity (Wildman–Crippen MR) is 131 cm³/mol. The average molecular weight is 507 g/mol. The SMILES string of the molecule is CCC(C)[C@@H]1NC(=O)c2cc([N+](=O)[O-])ccc2NCCCC[C@@H](C(N)=O)NC(=O)[C@H](C(C)O)NC1=O. The van der Waals surface area contributed by atoms with Crippen LogP contribution in [-0.2, 0) is 14.4 Å². The van der Waals surface area contributed by atoms with Crippen LogP contribution in [0.1, 0.15) is 56.8 Å². The molecule has 1 aliphatic heterocycles. The van der Waals surface area contributed by atoms with E-state index in [1.165, 1.54) is 19.1 Å². The first-order valence-electron chi connectivity index (χ1n) is 11.9. The molecule has 1 heterocycles. The predicted octanol–water partition coefficient (Wildman–Crippen LogP) is 0.171. The van der Waals surface area contributed by atoms with Gasteiger partial charge in [-0.1, -0.05) is 20.3 Å². The fourth-order valence-electron chi connectivity index (χ4n) is 3.80. The van der Waals surface area contributed by atoms with Crippen molar-refractivity contribution < 1.29 is 29.2 Å². The average Bonchev–Trinajstić information content (AvgIpc) is 2.82. The quantitative estimate of drug-likeness (QED) is 0.239. The molecule has 0 aliphatic carbocycles. The summed E-state index contributed by atoms with van der Waals surface area (Å²) < 4.78 is 0. The van der Waals surface area contributed by atoms with Gasteiger partial charge in [0.05, 0.1) is 16.6 Å². The Kier molecular flexibility index (Phi) is 10.1. The Morgan fingerprint density at radius 1 is 1.14 bits per heavy atom. The fourth-order valence-corrected chi connectivity index (χ4v) is 3.80. The third-order valence-corrected chi connectivity index (χ3v) is 6.20. The summed E-state index contributed by atoms with van der Waals surface area (Å²) in [5.41, 5.74) is 5.47. The summed E-state index contributed by atoms with van der Waals surface area (Å²) in [7, 11) is 0. The number of benzene rings is 1. The highest BCUT2D eigenvalue weighted by Crippen LogP contribution is 2.23. The zero-order valence-corrected chi connectivity index (χ0v) is 20.6. The number of carbonyl (C=O) groups excluding carboxylic acids is 4. The Morgan fingerprint density at radius 3 is 2.39 bits per heavy atom. The smallest absolute Gasteiger partial charge is 0.270 e. The number of nitro benzene ring substituents is 1. The Balaban J connectivity index is 2.50. The molecule has 4 amide bonds. The zero-order chi connectivity index (χ0) is 27.0. The number of non-ortho nitro benzene ring substituents is 1. The summed E-state index contributed by atoms with van der Waals surface area (Å²) in [4.78, 5) is 61.8. The van der Waals surface area contributed by atoms with E-state index in [1.807, 2.05) is 0 Å². The molecule has 1 aliphatic rings. The number of nitrogens with two attached hydrogens (primary N) is 1. The zero-order valence-electron chi connectivity index (χ0n) is 20.6. The summed E-state index contributed by atoms with van der Waals surface area (Å²) >= 11 is 0. The number of primary amides is 1. The van der Waals surface area contributed by atoms with Gasteiger partial charge < -0.3 is 32.1 Å². The number of nitro groups is 1. The molecule has 7 N–H and O–H groups in total. The molecule has 5 atom stereocenters. The van der Waals surface area contributed by atoms with E-state index < -0.39 is 52.8 Å². The number of anilines is 1. The number of rotatable bonds is 5. The summed E-state index contributed by atoms with van der Waals surface area (Å²) in [6, 6.07) is 0.270. The third kappa shape index (κ3) is 7.38. The Hall–Kier alpha value is -3.74. The molecular weight excluding hydrogens is 472 g/mol. The normalized spacial score (nSPS) is 23.7. The van der Waals surface area contributed by atoms with Crippen molar-refractivity contribution in [1.29, 1.82) is 0 Å². The Bertz CT molecular complexity index is 999. The van der Waals surface area contributed by atoms with Gasteiger partial charge in [-0.3, -0.25) is 29.3 Å². The summed E-state index contributed by atoms with van der Waals surface area (Å²) in [5.74, 6) is -3.38. The lowest BCUT2D eigenvalue weighted by molar-refractivity contribution is -0.384. The number of amides is 4. The van der Waals surface area contributed by atoms with Gasteiger partial charge in [0.25, 0.3) is 11.6 Å². The summed E-state index contributed by atoms with van der Waals surface area (Å²) in [6.45, 7) is 5.19. The van der Waals surface area contributed by atoms with Crippen molar-refractivity contribution in [3.05, 3.63) is 33.9 Å². The molecule has 13 nitrogen and oxygen atoms in total. The van der Waals surface area contributed by atoms with Crippen molar-refractivity contribution >= 4 is 35.0 Å². The molecule has 0 bridgehead atoms. The van der Waals surface area contributed by atoms with Gasteiger partial charge in [0.1, 0.15) is 18.1 Å². The van der Waals surface area contributed by atoms with E-state index in [4.69, 9.17) is 5.73 Å². The van der Waals surface area contributed by atoms with Gasteiger partial charge in [0, 0.05) is 24.4 Å². The number of nitrogens with one attached hydrogen (secondary N) is 4. The number of aliphatic hydroxyl groups excluding tert-OH is 1. The van der Waals surface area contributed by atoms with Gasteiger partial charge in [-0.05, 0) is 38.2 Å². The molecule has 2 rings (SSSR count). The molecule has 36 heavy (non-hydrogen) atoms. The van der Waals surface area contributed by atoms with Crippen LogP contribution < -0.4 is 27.0 Å². The fraction of sp³-hybridized carbons (Fsp3) is 0.565. The standard InChI is InChI=1S/C23H34N6O7/c1-4-12(2)18-22(33)28-19(13(3)30)23(34)26-17(20(24)31)7-5-6-10-25-16-9-8-14(29(35)36)11-15(16)21(32)27-18/h8-9,11-13,17-19,25,30H,4-7,10H2,1-3H3,(H2,24,31)(H,26,34)(H,27,32)(H,28,33)/t12?,13?,17-,18-,19-/m0/s1. The number of fused-ring (bicyclic) bond motifs is 1. The molecule has 0 saturated carbocycles. The maximum atomic E-state index is 13.2. The van der Waals surface area contributed by atoms with Crippen LogP contribution in [-0.4, -0.2) is 64.4 Å². The molecule has 0 radical (unpaired) electrons. The summed E-state index contributed by atoms with van der Waals surface area (Å²) in [6.07, 6.45) is 0.378. The van der Waals surface area contributed by atoms with Gasteiger partial charge in [0.15, 0.2) is 0 Å². The van der Waals surface area contributed by atoms with Crippen LogP contribution >= 0.6 is 0 Å². The van der Waals surface area contributed by atoms with E-state index >= 15 is 0 Å². The second-order valence-corrected chi connectivity index (χ2v) is 8.94. The van der Waals surface area contributed by atoms with Crippen LogP contribution in [0.4, 0.5) is 11.4 Å². The molecule has 198 valence electrons. The highest BCUT2D eigenvalue weighted by molar-refractivity contribution is 6.03. The molecule has 2 unspecified atom stereocenters. The molecular formula is C23H34N6O7. The topological polar surface area (TPSA) is 206 Å². The Labute approximate surface area is 208 Å². The van der Waals surface area contributed by atoms with E-state index in [2.05, 4.69) is 21.3 Å². The van der Waals surface area contributed by atoms with Gasteiger partial charge in [-0.2, -0.15) is 0 Å². The first-order chi connectivity index (χ1) is 17.0. The number of aliphatic hydroxyl groups is 1. The first kappa shape index (κ1) is 28.5. The van der Waals surface area contributed by atoms with Crippen LogP contribution in [0.3, 0.4) is 0 Å². The van der Waals surface area contributed by atoms with Crippen molar-refractivity contribution in [3.8, 4) is 0 Å². The number of nitrogens with zero attached hydrogens (tertiary/aromatic N) is 1. The van der Waals surface area contributed by atoms with Crippen molar-refractivity contribution in [2.45, 2.75) is 70.7 Å². The minimum atomic E-state index is -1.41. The lowest BCUT2D eigenvalue weighted by Crippen LogP contribution is -2.60. The minimum Gasteiger partial charge on any atom is -0.391 e. The summed E-state index contributed by atoms with van der Waals surface area (Å²) in [5, 5.41) is 32.1. The lowest BCUT2D eigenvalue weighted by Gasteiger charge is -2.28. The van der Waals surface area contributed by atoms with E-state index in [0.717, 1.165) is 6.07 Å². The van der Waals surface area contributed by atoms with Crippen molar-refractivity contribution in [1.82, 2.24) is 16.0 Å². The maximum absolute atomic E-state index is 13.2. The van der Waals surface area contributed by atoms with Crippen LogP contribution in [0.5, 0.6) is 0 Å². The van der Waals surface area contributed by atoms with Crippen LogP contribution in [0.2, 0.25) is 0 Å². The highest BCUT2D eigenvalue weighted by atomic mass is 16.6. The highest BCUT2D eigenvalue weighted by Gasteiger charge is 2.34. The molecule has 1 aromatic carbocycles. The van der Waals surface area contributed by atoms with E-state index in [-0.39, 0.29) is 23.6 Å². The third-order valence-electron chi connectivity index (χ3n) is 6.20. The second-order valence-electron chi connectivity index (χ2n) is 8.94. The number of carbonyl (C=O) groups is 4. The molecule has 0 saturated heterocycles. The van der Waals surface area contributed by atoms with Crippen molar-refractivity contribution in [3.63, 3.8) is 0 Å². The van der Waals surface area contributed by atoms with E-state index in [0.29, 0.717) is 31.5 Å². The molecule has 0 fully saturated rings. The lowest BCUT2D eigenvalue weighted by atomic mass is 9.96. The number of hydrogen-bond acceptors (Lipinski definition) is 8. The van der Waals surface area contributed by atoms with E-state index in [1.54, 1.807) is 13.8 Å². The van der Waals surface area contributed by atoms with Crippen LogP contribution in [0.15, 0.2) is 18.2 Å². The van der Waals surface area contributed by atoms with E-state index in [9.17, 15) is 34.4 Å². The second kappa shape index (κ2) is 12.8. The largest absolute Gasteiger partial charge is 0.391 e. The van der Waals surface area contributed by atoms with Gasteiger partial charge in [-0.25, -0.2) is 0 Å². The van der Waals surface area contributed by atoms with Gasteiger partial charge >= 0.3 is 0 Å². The number of hydrogen-bond donors (Lipinski definition) is 6. The maximum Gasteiger partial charge on any atom is 0.270 e.